The molecule has 0 unspecified atom stereocenters. The van der Waals surface area contributed by atoms with E-state index in [-0.39, 0.29) is 17.4 Å². The van der Waals surface area contributed by atoms with E-state index in [1.165, 1.54) is 11.1 Å². The van der Waals surface area contributed by atoms with Crippen LogP contribution in [-0.4, -0.2) is 34.0 Å². The van der Waals surface area contributed by atoms with Gasteiger partial charge in [-0.05, 0) is 57.4 Å². The van der Waals surface area contributed by atoms with E-state index < -0.39 is 6.04 Å². The summed E-state index contributed by atoms with van der Waals surface area (Å²) in [6.45, 7) is 10.2. The van der Waals surface area contributed by atoms with Crippen LogP contribution in [0.4, 0.5) is 0 Å². The fourth-order valence-corrected chi connectivity index (χ4v) is 4.28. The predicted molar refractivity (Wildman–Crippen MR) is 131 cm³/mol. The molecule has 6 heteroatoms. The molecular weight excluding hydrogens is 428 g/mol. The average Bonchev–Trinajstić information content (AvgIpc) is 2.68. The molecule has 2 rings (SSSR count). The topological polar surface area (TPSA) is 49.4 Å². The van der Waals surface area contributed by atoms with Crippen molar-refractivity contribution < 1.29 is 9.59 Å². The first-order chi connectivity index (χ1) is 14.6. The molecule has 0 saturated heterocycles. The van der Waals surface area contributed by atoms with Crippen molar-refractivity contribution in [2.75, 3.05) is 5.75 Å². The number of nitrogens with zero attached hydrogens (tertiary/aromatic N) is 1. The Kier molecular flexibility index (Phi) is 9.45. The number of nitrogens with one attached hydrogen (secondary N) is 1. The van der Waals surface area contributed by atoms with E-state index in [1.54, 1.807) is 16.7 Å². The highest BCUT2D eigenvalue weighted by atomic mass is 35.5. The summed E-state index contributed by atoms with van der Waals surface area (Å²) in [5, 5.41) is 3.67. The molecule has 0 aliphatic heterocycles. The fourth-order valence-electron chi connectivity index (χ4n) is 3.30. The van der Waals surface area contributed by atoms with Crippen molar-refractivity contribution in [2.24, 2.45) is 0 Å². The maximum Gasteiger partial charge on any atom is 0.243 e. The van der Waals surface area contributed by atoms with Gasteiger partial charge in [0.05, 0.1) is 5.75 Å². The first-order valence-electron chi connectivity index (χ1n) is 10.6. The van der Waals surface area contributed by atoms with Crippen molar-refractivity contribution in [3.05, 3.63) is 70.2 Å². The lowest BCUT2D eigenvalue weighted by molar-refractivity contribution is -0.140. The van der Waals surface area contributed by atoms with Gasteiger partial charge in [0, 0.05) is 22.9 Å². The van der Waals surface area contributed by atoms with Crippen LogP contribution < -0.4 is 5.32 Å². The van der Waals surface area contributed by atoms with Crippen molar-refractivity contribution in [2.45, 2.75) is 64.9 Å². The molecule has 0 spiro atoms. The molecule has 2 aromatic carbocycles. The quantitative estimate of drug-likeness (QED) is 0.529. The third kappa shape index (κ3) is 8.58. The molecule has 0 radical (unpaired) electrons. The van der Waals surface area contributed by atoms with Gasteiger partial charge in [-0.1, -0.05) is 60.5 Å². The fraction of sp³-hybridized carbons (Fsp3) is 0.440. The lowest BCUT2D eigenvalue weighted by Crippen LogP contribution is -2.53. The zero-order chi connectivity index (χ0) is 23.0. The highest BCUT2D eigenvalue weighted by Crippen LogP contribution is 2.19. The van der Waals surface area contributed by atoms with Crippen molar-refractivity contribution in [1.29, 1.82) is 0 Å². The summed E-state index contributed by atoms with van der Waals surface area (Å²) in [6, 6.07) is 15.2. The normalized spacial score (nSPS) is 12.3. The largest absolute Gasteiger partial charge is 0.350 e. The van der Waals surface area contributed by atoms with Crippen LogP contribution in [0, 0.1) is 6.92 Å². The van der Waals surface area contributed by atoms with Gasteiger partial charge >= 0.3 is 0 Å². The van der Waals surface area contributed by atoms with Gasteiger partial charge in [0.1, 0.15) is 6.04 Å². The van der Waals surface area contributed by atoms with E-state index in [0.29, 0.717) is 23.7 Å². The molecule has 0 heterocycles. The maximum absolute atomic E-state index is 13.2. The first-order valence-corrected chi connectivity index (χ1v) is 12.1. The second-order valence-corrected chi connectivity index (χ2v) is 10.2. The average molecular weight is 461 g/mol. The molecule has 0 aliphatic rings. The van der Waals surface area contributed by atoms with Gasteiger partial charge < -0.3 is 10.2 Å². The molecule has 0 aliphatic carbocycles. The summed E-state index contributed by atoms with van der Waals surface area (Å²) in [7, 11) is 0. The Labute approximate surface area is 195 Å². The van der Waals surface area contributed by atoms with Crippen LogP contribution >= 0.6 is 23.4 Å². The summed E-state index contributed by atoms with van der Waals surface area (Å²) < 4.78 is 0. The van der Waals surface area contributed by atoms with Crippen LogP contribution in [0.15, 0.2) is 48.5 Å². The minimum absolute atomic E-state index is 0.0384. The van der Waals surface area contributed by atoms with Crippen molar-refractivity contribution in [1.82, 2.24) is 10.2 Å². The number of benzene rings is 2. The van der Waals surface area contributed by atoms with E-state index in [2.05, 4.69) is 30.4 Å². The summed E-state index contributed by atoms with van der Waals surface area (Å²) in [6.07, 6.45) is 0.545. The number of rotatable bonds is 9. The summed E-state index contributed by atoms with van der Waals surface area (Å²) in [5.74, 6) is 0.915. The molecule has 4 nitrogen and oxygen atoms in total. The maximum atomic E-state index is 13.2. The smallest absolute Gasteiger partial charge is 0.243 e. The minimum atomic E-state index is -0.526. The number of hydrogen-bond acceptors (Lipinski definition) is 3. The van der Waals surface area contributed by atoms with Gasteiger partial charge in [-0.15, -0.1) is 11.8 Å². The van der Waals surface area contributed by atoms with Gasteiger partial charge in [-0.2, -0.15) is 0 Å². The SMILES string of the molecule is CC[C@@H](C(=O)NC(C)(C)C)N(Cc1ccc(Cl)cc1)C(=O)CSCc1cccc(C)c1. The Balaban J connectivity index is 2.15. The molecule has 2 amide bonds. The first kappa shape index (κ1) is 25.3. The molecule has 0 fully saturated rings. The predicted octanol–water partition coefficient (Wildman–Crippen LogP) is 5.60. The molecular formula is C25H33ClN2O2S. The molecule has 2 aromatic rings. The number of hydrogen-bond donors (Lipinski definition) is 1. The lowest BCUT2D eigenvalue weighted by Gasteiger charge is -2.33. The number of aryl methyl sites for hydroxylation is 1. The van der Waals surface area contributed by atoms with Crippen molar-refractivity contribution in [3.63, 3.8) is 0 Å². The van der Waals surface area contributed by atoms with Crippen molar-refractivity contribution >= 4 is 35.2 Å². The summed E-state index contributed by atoms with van der Waals surface area (Å²) in [5.41, 5.74) is 2.99. The Morgan fingerprint density at radius 3 is 2.35 bits per heavy atom. The van der Waals surface area contributed by atoms with E-state index >= 15 is 0 Å². The number of amides is 2. The Hall–Kier alpha value is -1.98. The number of thioether (sulfide) groups is 1. The third-order valence-electron chi connectivity index (χ3n) is 4.73. The molecule has 1 N–H and O–H groups in total. The van der Waals surface area contributed by atoms with Crippen LogP contribution in [0.5, 0.6) is 0 Å². The van der Waals surface area contributed by atoms with E-state index in [1.807, 2.05) is 58.0 Å². The van der Waals surface area contributed by atoms with Crippen molar-refractivity contribution in [3.8, 4) is 0 Å². The minimum Gasteiger partial charge on any atom is -0.350 e. The molecule has 168 valence electrons. The highest BCUT2D eigenvalue weighted by molar-refractivity contribution is 7.99. The zero-order valence-electron chi connectivity index (χ0n) is 19.1. The van der Waals surface area contributed by atoms with Gasteiger partial charge in [0.15, 0.2) is 0 Å². The molecule has 0 saturated carbocycles. The number of carbonyl (C=O) groups excluding carboxylic acids is 2. The highest BCUT2D eigenvalue weighted by Gasteiger charge is 2.30. The second-order valence-electron chi connectivity index (χ2n) is 8.79. The van der Waals surface area contributed by atoms with E-state index in [9.17, 15) is 9.59 Å². The number of carbonyl (C=O) groups is 2. The van der Waals surface area contributed by atoms with Crippen LogP contribution in [0.3, 0.4) is 0 Å². The Morgan fingerprint density at radius 2 is 1.77 bits per heavy atom. The summed E-state index contributed by atoms with van der Waals surface area (Å²) >= 11 is 7.59. The molecule has 0 bridgehead atoms. The van der Waals surface area contributed by atoms with E-state index in [0.717, 1.165) is 11.3 Å². The Bertz CT molecular complexity index is 878. The second kappa shape index (κ2) is 11.6. The van der Waals surface area contributed by atoms with Crippen LogP contribution in [0.1, 0.15) is 50.8 Å². The third-order valence-corrected chi connectivity index (χ3v) is 5.97. The Morgan fingerprint density at radius 1 is 1.10 bits per heavy atom. The molecule has 1 atom stereocenters. The zero-order valence-corrected chi connectivity index (χ0v) is 20.6. The summed E-state index contributed by atoms with van der Waals surface area (Å²) in [4.78, 5) is 27.9. The van der Waals surface area contributed by atoms with E-state index in [4.69, 9.17) is 11.6 Å². The van der Waals surface area contributed by atoms with Crippen LogP contribution in [0.25, 0.3) is 0 Å². The van der Waals surface area contributed by atoms with Gasteiger partial charge in [-0.3, -0.25) is 9.59 Å². The number of halogens is 1. The monoisotopic (exact) mass is 460 g/mol. The van der Waals surface area contributed by atoms with Crippen LogP contribution in [0.2, 0.25) is 5.02 Å². The van der Waals surface area contributed by atoms with Gasteiger partial charge in [-0.25, -0.2) is 0 Å². The lowest BCUT2D eigenvalue weighted by atomic mass is 10.1. The molecule has 31 heavy (non-hydrogen) atoms. The molecule has 0 aromatic heterocycles. The van der Waals surface area contributed by atoms with Gasteiger partial charge in [0.2, 0.25) is 11.8 Å². The standard InChI is InChI=1S/C25H33ClN2O2S/c1-6-22(24(30)27-25(3,4)5)28(15-19-10-12-21(26)13-11-19)23(29)17-31-16-20-9-7-8-18(2)14-20/h7-14,22H,6,15-17H2,1-5H3,(H,27,30)/t22-/m0/s1. The van der Waals surface area contributed by atoms with Gasteiger partial charge in [0.25, 0.3) is 0 Å². The van der Waals surface area contributed by atoms with Crippen LogP contribution in [-0.2, 0) is 21.9 Å².